The van der Waals surface area contributed by atoms with E-state index in [1.54, 1.807) is 0 Å². The zero-order valence-electron chi connectivity index (χ0n) is 19.8. The molecule has 0 saturated heterocycles. The van der Waals surface area contributed by atoms with E-state index < -0.39 is 85.2 Å². The minimum atomic E-state index is -1.75. The van der Waals surface area contributed by atoms with Gasteiger partial charge in [0.25, 0.3) is 0 Å². The number of aliphatic carboxylic acids is 3. The van der Waals surface area contributed by atoms with Crippen LogP contribution in [0.1, 0.15) is 31.7 Å². The van der Waals surface area contributed by atoms with Crippen LogP contribution in [0.25, 0.3) is 0 Å². The van der Waals surface area contributed by atoms with Crippen LogP contribution in [0.3, 0.4) is 0 Å². The number of nitrogens with one attached hydrogen (secondary N) is 3. The highest BCUT2D eigenvalue weighted by molar-refractivity contribution is 5.95. The Bertz CT molecular complexity index is 997. The minimum absolute atomic E-state index is 0.0752. The molecule has 1 aromatic carbocycles. The fourth-order valence-corrected chi connectivity index (χ4v) is 3.09. The second kappa shape index (κ2) is 14.4. The Morgan fingerprint density at radius 2 is 1.38 bits per heavy atom. The zero-order chi connectivity index (χ0) is 28.3. The van der Waals surface area contributed by atoms with Crippen molar-refractivity contribution < 1.29 is 54.3 Å². The third kappa shape index (κ3) is 10.9. The van der Waals surface area contributed by atoms with E-state index in [4.69, 9.17) is 15.9 Å². The summed E-state index contributed by atoms with van der Waals surface area (Å²) in [5.74, 6) is -7.40. The Hall–Kier alpha value is -4.24. The summed E-state index contributed by atoms with van der Waals surface area (Å²) in [5, 5.41) is 52.7. The number of nitrogens with two attached hydrogens (primary N) is 1. The topological polar surface area (TPSA) is 266 Å². The van der Waals surface area contributed by atoms with Crippen molar-refractivity contribution in [3.8, 4) is 5.75 Å². The average Bonchev–Trinajstić information content (AvgIpc) is 2.79. The van der Waals surface area contributed by atoms with Crippen LogP contribution >= 0.6 is 0 Å². The molecule has 0 aromatic heterocycles. The average molecular weight is 526 g/mol. The number of aliphatic hydroxyl groups excluding tert-OH is 1. The van der Waals surface area contributed by atoms with Gasteiger partial charge in [-0.2, -0.15) is 0 Å². The van der Waals surface area contributed by atoms with Crippen molar-refractivity contribution in [2.24, 2.45) is 5.73 Å². The number of benzene rings is 1. The zero-order valence-corrected chi connectivity index (χ0v) is 19.8. The molecular formula is C22H30N4O11. The molecule has 1 aromatic rings. The van der Waals surface area contributed by atoms with E-state index in [0.717, 1.165) is 6.92 Å². The molecule has 5 atom stereocenters. The van der Waals surface area contributed by atoms with Crippen molar-refractivity contribution in [3.63, 3.8) is 0 Å². The van der Waals surface area contributed by atoms with Crippen LogP contribution in [0.4, 0.5) is 0 Å². The lowest BCUT2D eigenvalue weighted by Gasteiger charge is -2.25. The molecule has 204 valence electrons. The Morgan fingerprint density at radius 1 is 0.838 bits per heavy atom. The Morgan fingerprint density at radius 3 is 1.86 bits per heavy atom. The molecule has 0 heterocycles. The van der Waals surface area contributed by atoms with Gasteiger partial charge in [-0.25, -0.2) is 4.79 Å². The van der Waals surface area contributed by atoms with Crippen LogP contribution in [0.15, 0.2) is 24.3 Å². The molecule has 1 rings (SSSR count). The Kier molecular flexibility index (Phi) is 11.9. The molecule has 0 bridgehead atoms. The second-order valence-electron chi connectivity index (χ2n) is 8.19. The molecule has 0 fully saturated rings. The van der Waals surface area contributed by atoms with E-state index >= 15 is 0 Å². The van der Waals surface area contributed by atoms with Crippen LogP contribution in [-0.2, 0) is 35.2 Å². The largest absolute Gasteiger partial charge is 0.508 e. The number of carboxylic acid groups (broad SMARTS) is 3. The Balaban J connectivity index is 3.18. The second-order valence-corrected chi connectivity index (χ2v) is 8.19. The van der Waals surface area contributed by atoms with Crippen LogP contribution < -0.4 is 21.7 Å². The van der Waals surface area contributed by atoms with Crippen LogP contribution in [0.5, 0.6) is 5.75 Å². The lowest BCUT2D eigenvalue weighted by Crippen LogP contribution is -2.58. The van der Waals surface area contributed by atoms with Crippen molar-refractivity contribution in [2.45, 2.75) is 62.9 Å². The molecule has 0 saturated carbocycles. The third-order valence-corrected chi connectivity index (χ3v) is 5.07. The molecule has 0 aliphatic carbocycles. The number of aromatic hydroxyl groups is 1. The van der Waals surface area contributed by atoms with Crippen molar-refractivity contribution >= 4 is 35.6 Å². The van der Waals surface area contributed by atoms with Gasteiger partial charge in [-0.1, -0.05) is 12.1 Å². The number of phenols is 1. The van der Waals surface area contributed by atoms with E-state index in [1.807, 2.05) is 5.32 Å². The number of carbonyl (C=O) groups is 6. The summed E-state index contributed by atoms with van der Waals surface area (Å²) in [6, 6.07) is -0.762. The number of rotatable bonds is 15. The highest BCUT2D eigenvalue weighted by Gasteiger charge is 2.32. The van der Waals surface area contributed by atoms with Gasteiger partial charge in [-0.15, -0.1) is 0 Å². The van der Waals surface area contributed by atoms with Crippen LogP contribution in [0.2, 0.25) is 0 Å². The van der Waals surface area contributed by atoms with Gasteiger partial charge in [-0.3, -0.25) is 24.0 Å². The molecule has 15 heteroatoms. The van der Waals surface area contributed by atoms with Gasteiger partial charge >= 0.3 is 17.9 Å². The quantitative estimate of drug-likeness (QED) is 0.115. The lowest BCUT2D eigenvalue weighted by atomic mass is 10.0. The fourth-order valence-electron chi connectivity index (χ4n) is 3.09. The first-order valence-electron chi connectivity index (χ1n) is 11.0. The van der Waals surface area contributed by atoms with E-state index in [0.29, 0.717) is 5.56 Å². The van der Waals surface area contributed by atoms with Crippen molar-refractivity contribution in [3.05, 3.63) is 29.8 Å². The number of hydrogen-bond acceptors (Lipinski definition) is 9. The number of hydrogen-bond donors (Lipinski definition) is 9. The fraction of sp³-hybridized carbons (Fsp3) is 0.455. The summed E-state index contributed by atoms with van der Waals surface area (Å²) in [4.78, 5) is 71.4. The van der Waals surface area contributed by atoms with Crippen LogP contribution in [0, 0.1) is 0 Å². The summed E-state index contributed by atoms with van der Waals surface area (Å²) in [5.41, 5.74) is 6.00. The number of phenolic OH excluding ortho intramolecular Hbond substituents is 1. The van der Waals surface area contributed by atoms with Crippen molar-refractivity contribution in [1.82, 2.24) is 16.0 Å². The number of carboxylic acids is 3. The maximum atomic E-state index is 13.1. The number of aliphatic hydroxyl groups is 1. The smallest absolute Gasteiger partial charge is 0.328 e. The summed E-state index contributed by atoms with van der Waals surface area (Å²) in [6.07, 6.45) is -3.51. The standard InChI is InChI=1S/C22H30N4O11/c1-10(27)18(22(36)37)26-20(34)14(6-7-16(29)30)24-21(35)15(8-11-2-4-12(28)5-3-11)25-19(33)13(23)9-17(31)32/h2-5,10,13-15,18,27-28H,6-9,23H2,1H3,(H,24,35)(H,25,33)(H,26,34)(H,29,30)(H,31,32)(H,36,37). The predicted molar refractivity (Wildman–Crippen MR) is 124 cm³/mol. The maximum absolute atomic E-state index is 13.1. The summed E-state index contributed by atoms with van der Waals surface area (Å²) in [6.45, 7) is 1.10. The molecule has 37 heavy (non-hydrogen) atoms. The van der Waals surface area contributed by atoms with Gasteiger partial charge in [0.2, 0.25) is 17.7 Å². The normalized spacial score (nSPS) is 14.8. The molecule has 10 N–H and O–H groups in total. The summed E-state index contributed by atoms with van der Waals surface area (Å²) >= 11 is 0. The molecule has 0 spiro atoms. The summed E-state index contributed by atoms with van der Waals surface area (Å²) < 4.78 is 0. The minimum Gasteiger partial charge on any atom is -0.508 e. The molecular weight excluding hydrogens is 496 g/mol. The van der Waals surface area contributed by atoms with Gasteiger partial charge in [-0.05, 0) is 31.0 Å². The summed E-state index contributed by atoms with van der Waals surface area (Å²) in [7, 11) is 0. The molecule has 0 aliphatic heterocycles. The molecule has 3 amide bonds. The van der Waals surface area contributed by atoms with E-state index in [9.17, 15) is 44.1 Å². The van der Waals surface area contributed by atoms with Crippen molar-refractivity contribution in [1.29, 1.82) is 0 Å². The van der Waals surface area contributed by atoms with Crippen LogP contribution in [-0.4, -0.2) is 91.4 Å². The van der Waals surface area contributed by atoms with Gasteiger partial charge in [0.15, 0.2) is 6.04 Å². The molecule has 0 aliphatic rings. The first-order chi connectivity index (χ1) is 17.2. The molecule has 0 radical (unpaired) electrons. The predicted octanol–water partition coefficient (Wildman–Crippen LogP) is -2.48. The van der Waals surface area contributed by atoms with E-state index in [1.165, 1.54) is 24.3 Å². The number of amides is 3. The van der Waals surface area contributed by atoms with Gasteiger partial charge < -0.3 is 47.2 Å². The first-order valence-corrected chi connectivity index (χ1v) is 11.0. The SMILES string of the molecule is CC(O)C(NC(=O)C(CCC(=O)O)NC(=O)C(Cc1ccc(O)cc1)NC(=O)C(N)CC(=O)O)C(=O)O. The van der Waals surface area contributed by atoms with E-state index in [2.05, 4.69) is 10.6 Å². The molecule has 15 nitrogen and oxygen atoms in total. The molecule has 5 unspecified atom stereocenters. The van der Waals surface area contributed by atoms with Gasteiger partial charge in [0.05, 0.1) is 18.6 Å². The van der Waals surface area contributed by atoms with E-state index in [-0.39, 0.29) is 12.2 Å². The third-order valence-electron chi connectivity index (χ3n) is 5.07. The van der Waals surface area contributed by atoms with Gasteiger partial charge in [0, 0.05) is 12.8 Å². The highest BCUT2D eigenvalue weighted by atomic mass is 16.4. The maximum Gasteiger partial charge on any atom is 0.328 e. The first kappa shape index (κ1) is 30.8. The monoisotopic (exact) mass is 526 g/mol. The highest BCUT2D eigenvalue weighted by Crippen LogP contribution is 2.12. The lowest BCUT2D eigenvalue weighted by molar-refractivity contribution is -0.145. The van der Waals surface area contributed by atoms with Crippen molar-refractivity contribution in [2.75, 3.05) is 0 Å². The number of carbonyl (C=O) groups excluding carboxylic acids is 3. The Labute approximate surface area is 210 Å². The van der Waals surface area contributed by atoms with Gasteiger partial charge in [0.1, 0.15) is 17.8 Å².